The van der Waals surface area contributed by atoms with Crippen LogP contribution in [0.4, 0.5) is 0 Å². The predicted molar refractivity (Wildman–Crippen MR) is 57.6 cm³/mol. The first kappa shape index (κ1) is 12.7. The van der Waals surface area contributed by atoms with Crippen molar-refractivity contribution in [3.05, 3.63) is 43.6 Å². The van der Waals surface area contributed by atoms with Crippen molar-refractivity contribution >= 4 is 5.97 Å². The first-order valence-electron chi connectivity index (χ1n) is 4.64. The van der Waals surface area contributed by atoms with Gasteiger partial charge in [-0.1, -0.05) is 6.58 Å². The molecule has 1 aromatic heterocycles. The lowest BCUT2D eigenvalue weighted by molar-refractivity contribution is -0.148. The zero-order valence-corrected chi connectivity index (χ0v) is 9.27. The molecule has 0 aliphatic carbocycles. The Hall–Kier alpha value is -2.38. The fourth-order valence-corrected chi connectivity index (χ4v) is 1.08. The van der Waals surface area contributed by atoms with E-state index in [1.165, 1.54) is 13.8 Å². The van der Waals surface area contributed by atoms with Crippen LogP contribution in [0, 0.1) is 0 Å². The summed E-state index contributed by atoms with van der Waals surface area (Å²) in [5.41, 5.74) is -2.71. The molecule has 92 valence electrons. The number of rotatable bonds is 3. The molecule has 0 radical (unpaired) electrons. The van der Waals surface area contributed by atoms with Crippen LogP contribution in [-0.4, -0.2) is 20.5 Å². The van der Waals surface area contributed by atoms with Crippen molar-refractivity contribution in [1.29, 1.82) is 0 Å². The summed E-state index contributed by atoms with van der Waals surface area (Å²) in [6.07, 6.45) is -1.15. The van der Waals surface area contributed by atoms with Crippen LogP contribution in [0.15, 0.2) is 26.5 Å². The lowest BCUT2D eigenvalue weighted by atomic mass is 10.4. The van der Waals surface area contributed by atoms with Crippen molar-refractivity contribution in [1.82, 2.24) is 14.5 Å². The molecule has 2 N–H and O–H groups in total. The summed E-state index contributed by atoms with van der Waals surface area (Å²) in [6, 6.07) is 0. The van der Waals surface area contributed by atoms with Gasteiger partial charge in [-0.15, -0.1) is 0 Å². The highest BCUT2D eigenvalue weighted by atomic mass is 16.6. The second-order valence-corrected chi connectivity index (χ2v) is 3.34. The Bertz CT molecular complexity index is 586. The molecule has 0 saturated carbocycles. The smallest absolute Gasteiger partial charge is 0.336 e. The predicted octanol–water partition coefficient (Wildman–Crippen LogP) is -1.14. The first-order chi connectivity index (χ1) is 7.82. The Morgan fingerprint density at radius 3 is 2.18 bits per heavy atom. The van der Waals surface area contributed by atoms with E-state index in [1.807, 2.05) is 9.97 Å². The second kappa shape index (κ2) is 4.64. The number of carbonyl (C=O) groups excluding carboxylic acids is 1. The molecule has 0 spiro atoms. The van der Waals surface area contributed by atoms with E-state index in [-0.39, 0.29) is 5.57 Å². The Morgan fingerprint density at radius 1 is 1.29 bits per heavy atom. The van der Waals surface area contributed by atoms with Gasteiger partial charge in [-0.25, -0.2) is 23.7 Å². The zero-order valence-electron chi connectivity index (χ0n) is 9.27. The minimum Gasteiger partial charge on any atom is -0.438 e. The van der Waals surface area contributed by atoms with Crippen LogP contribution in [0.3, 0.4) is 0 Å². The number of H-pyrrole nitrogens is 2. The summed E-state index contributed by atoms with van der Waals surface area (Å²) < 4.78 is 5.35. The highest BCUT2D eigenvalue weighted by molar-refractivity contribution is 5.86. The van der Waals surface area contributed by atoms with Crippen LogP contribution in [0.25, 0.3) is 0 Å². The van der Waals surface area contributed by atoms with Gasteiger partial charge in [-0.05, 0) is 13.8 Å². The maximum Gasteiger partial charge on any atom is 0.336 e. The molecule has 0 aliphatic rings. The van der Waals surface area contributed by atoms with Crippen molar-refractivity contribution in [3.8, 4) is 0 Å². The number of esters is 1. The number of nitrogens with zero attached hydrogens (tertiary/aromatic N) is 1. The minimum absolute atomic E-state index is 0.130. The fraction of sp³-hybridized carbons (Fsp3) is 0.333. The first-order valence-corrected chi connectivity index (χ1v) is 4.64. The molecule has 0 saturated heterocycles. The molecule has 1 heterocycles. The number of hydrogen-bond acceptors (Lipinski definition) is 5. The molecule has 1 atom stereocenters. The van der Waals surface area contributed by atoms with Crippen molar-refractivity contribution in [3.63, 3.8) is 0 Å². The number of aromatic nitrogens is 3. The lowest BCUT2D eigenvalue weighted by Gasteiger charge is -2.13. The molecule has 0 aliphatic heterocycles. The van der Waals surface area contributed by atoms with E-state index in [9.17, 15) is 19.2 Å². The fourth-order valence-electron chi connectivity index (χ4n) is 1.08. The maximum atomic E-state index is 11.3. The molecule has 0 bridgehead atoms. The Kier molecular flexibility index (Phi) is 3.46. The van der Waals surface area contributed by atoms with Crippen LogP contribution in [0.5, 0.6) is 0 Å². The summed E-state index contributed by atoms with van der Waals surface area (Å²) in [5, 5.41) is 0. The van der Waals surface area contributed by atoms with Crippen LogP contribution in [0.2, 0.25) is 0 Å². The van der Waals surface area contributed by atoms with E-state index in [2.05, 4.69) is 6.58 Å². The highest BCUT2D eigenvalue weighted by Crippen LogP contribution is 2.04. The van der Waals surface area contributed by atoms with E-state index < -0.39 is 29.3 Å². The molecule has 1 aromatic rings. The van der Waals surface area contributed by atoms with E-state index in [0.717, 1.165) is 0 Å². The number of aromatic amines is 2. The lowest BCUT2D eigenvalue weighted by Crippen LogP contribution is -2.45. The van der Waals surface area contributed by atoms with Gasteiger partial charge in [-0.3, -0.25) is 9.97 Å². The standard InChI is InChI=1S/C9H11N3O5/c1-4(2)6(13)17-5(3)12-8(15)10-7(14)11-9(12)16/h5H,1H2,2-3H3,(H2,10,11,14,15,16). The van der Waals surface area contributed by atoms with Crippen LogP contribution in [0.1, 0.15) is 20.1 Å². The van der Waals surface area contributed by atoms with E-state index in [4.69, 9.17) is 4.74 Å². The number of hydrogen-bond donors (Lipinski definition) is 2. The zero-order chi connectivity index (χ0) is 13.2. The number of carbonyl (C=O) groups is 1. The number of nitrogens with one attached hydrogen (secondary N) is 2. The Labute approximate surface area is 94.6 Å². The van der Waals surface area contributed by atoms with Crippen molar-refractivity contribution in [2.45, 2.75) is 20.1 Å². The largest absolute Gasteiger partial charge is 0.438 e. The SMILES string of the molecule is C=C(C)C(=O)OC(C)n1c(=O)[nH]c(=O)[nH]c1=O. The summed E-state index contributed by atoms with van der Waals surface area (Å²) >= 11 is 0. The Morgan fingerprint density at radius 2 is 1.76 bits per heavy atom. The molecule has 8 nitrogen and oxygen atoms in total. The third-order valence-electron chi connectivity index (χ3n) is 1.87. The van der Waals surface area contributed by atoms with Gasteiger partial charge in [0, 0.05) is 5.57 Å². The minimum atomic E-state index is -1.15. The molecule has 0 aromatic carbocycles. The van der Waals surface area contributed by atoms with Gasteiger partial charge >= 0.3 is 23.0 Å². The summed E-state index contributed by atoms with van der Waals surface area (Å²) in [5.74, 6) is -0.741. The summed E-state index contributed by atoms with van der Waals surface area (Å²) in [7, 11) is 0. The average Bonchev–Trinajstić information content (AvgIpc) is 2.15. The molecule has 17 heavy (non-hydrogen) atoms. The van der Waals surface area contributed by atoms with Crippen molar-refractivity contribution < 1.29 is 9.53 Å². The van der Waals surface area contributed by atoms with E-state index >= 15 is 0 Å². The quantitative estimate of drug-likeness (QED) is 0.513. The van der Waals surface area contributed by atoms with Gasteiger partial charge in [0.1, 0.15) is 0 Å². The van der Waals surface area contributed by atoms with E-state index in [1.54, 1.807) is 0 Å². The van der Waals surface area contributed by atoms with Crippen molar-refractivity contribution in [2.75, 3.05) is 0 Å². The topological polar surface area (TPSA) is 114 Å². The van der Waals surface area contributed by atoms with Gasteiger partial charge in [0.15, 0.2) is 6.23 Å². The van der Waals surface area contributed by atoms with Crippen molar-refractivity contribution in [2.24, 2.45) is 0 Å². The molecule has 8 heteroatoms. The average molecular weight is 241 g/mol. The molecule has 1 rings (SSSR count). The second-order valence-electron chi connectivity index (χ2n) is 3.34. The molecule has 0 fully saturated rings. The maximum absolute atomic E-state index is 11.3. The monoisotopic (exact) mass is 241 g/mol. The summed E-state index contributed by atoms with van der Waals surface area (Å²) in [6.45, 7) is 6.10. The summed E-state index contributed by atoms with van der Waals surface area (Å²) in [4.78, 5) is 48.3. The van der Waals surface area contributed by atoms with Gasteiger partial charge in [0.25, 0.3) is 0 Å². The number of ether oxygens (including phenoxy) is 1. The third-order valence-corrected chi connectivity index (χ3v) is 1.87. The highest BCUT2D eigenvalue weighted by Gasteiger charge is 2.15. The van der Waals surface area contributed by atoms with Crippen LogP contribution >= 0.6 is 0 Å². The molecule has 1 unspecified atom stereocenters. The van der Waals surface area contributed by atoms with Crippen LogP contribution < -0.4 is 17.1 Å². The Balaban J connectivity index is 3.14. The van der Waals surface area contributed by atoms with Gasteiger partial charge in [-0.2, -0.15) is 0 Å². The normalized spacial score (nSPS) is 11.9. The molecular weight excluding hydrogens is 230 g/mol. The molecular formula is C9H11N3O5. The van der Waals surface area contributed by atoms with Gasteiger partial charge in [0.05, 0.1) is 0 Å². The van der Waals surface area contributed by atoms with Gasteiger partial charge in [0.2, 0.25) is 0 Å². The van der Waals surface area contributed by atoms with E-state index in [0.29, 0.717) is 4.57 Å². The molecule has 0 amide bonds. The van der Waals surface area contributed by atoms with Gasteiger partial charge < -0.3 is 4.74 Å². The van der Waals surface area contributed by atoms with Crippen LogP contribution in [-0.2, 0) is 9.53 Å². The third kappa shape index (κ3) is 2.80.